The number of halogens is 3. The molecule has 6 nitrogen and oxygen atoms in total. The number of alkyl halides is 2. The standard InChI is InChI=1S/C20H27F2N5O.HI/c1-14-3-5-15(6-4-14)17-11-24-19(28-17)12-25-20(23-2)26-16-7-9-27(10-8-16)13-18(21)22;/h3-6,11,16,18H,7-10,12-13H2,1-2H3,(H2,23,25,26);1H. The van der Waals surface area contributed by atoms with E-state index in [0.717, 1.165) is 24.2 Å². The summed E-state index contributed by atoms with van der Waals surface area (Å²) in [5.74, 6) is 1.96. The minimum absolute atomic E-state index is 0. The molecule has 9 heteroatoms. The first kappa shape index (κ1) is 23.5. The van der Waals surface area contributed by atoms with Gasteiger partial charge in [0.15, 0.2) is 11.7 Å². The van der Waals surface area contributed by atoms with Gasteiger partial charge in [0.25, 0.3) is 6.43 Å². The van der Waals surface area contributed by atoms with Gasteiger partial charge in [0, 0.05) is 31.7 Å². The third-order valence-electron chi connectivity index (χ3n) is 4.84. The van der Waals surface area contributed by atoms with Crippen molar-refractivity contribution in [1.82, 2.24) is 20.5 Å². The summed E-state index contributed by atoms with van der Waals surface area (Å²) in [4.78, 5) is 10.4. The van der Waals surface area contributed by atoms with E-state index in [9.17, 15) is 8.78 Å². The van der Waals surface area contributed by atoms with Crippen molar-refractivity contribution in [2.24, 2.45) is 4.99 Å². The van der Waals surface area contributed by atoms with Crippen molar-refractivity contribution in [2.75, 3.05) is 26.7 Å². The number of likely N-dealkylation sites (tertiary alicyclic amines) is 1. The van der Waals surface area contributed by atoms with E-state index < -0.39 is 6.43 Å². The number of aliphatic imine (C=N–C) groups is 1. The van der Waals surface area contributed by atoms with Gasteiger partial charge in [-0.2, -0.15) is 0 Å². The van der Waals surface area contributed by atoms with Crippen LogP contribution in [0.15, 0.2) is 39.9 Å². The quantitative estimate of drug-likeness (QED) is 0.347. The molecule has 2 aromatic rings. The summed E-state index contributed by atoms with van der Waals surface area (Å²) >= 11 is 0. The Morgan fingerprint density at radius 3 is 2.59 bits per heavy atom. The van der Waals surface area contributed by atoms with E-state index in [0.29, 0.717) is 31.5 Å². The predicted octanol–water partition coefficient (Wildman–Crippen LogP) is 3.66. The van der Waals surface area contributed by atoms with Crippen LogP contribution in [0, 0.1) is 6.92 Å². The van der Waals surface area contributed by atoms with E-state index in [1.807, 2.05) is 31.2 Å². The number of nitrogens with zero attached hydrogens (tertiary/aromatic N) is 3. The molecule has 3 rings (SSSR count). The van der Waals surface area contributed by atoms with Gasteiger partial charge in [-0.25, -0.2) is 13.8 Å². The largest absolute Gasteiger partial charge is 0.439 e. The molecule has 1 aromatic carbocycles. The van der Waals surface area contributed by atoms with Gasteiger partial charge in [-0.05, 0) is 19.8 Å². The fourth-order valence-electron chi connectivity index (χ4n) is 3.25. The number of aryl methyl sites for hydroxylation is 1. The molecule has 1 aliphatic heterocycles. The number of aromatic nitrogens is 1. The first-order chi connectivity index (χ1) is 13.5. The van der Waals surface area contributed by atoms with E-state index in [1.165, 1.54) is 5.56 Å². The summed E-state index contributed by atoms with van der Waals surface area (Å²) in [6.07, 6.45) is 1.06. The Kier molecular flexibility index (Phi) is 9.28. The lowest BCUT2D eigenvalue weighted by Gasteiger charge is -2.32. The van der Waals surface area contributed by atoms with Crippen LogP contribution in [-0.2, 0) is 6.54 Å². The molecule has 2 heterocycles. The molecular weight excluding hydrogens is 491 g/mol. The van der Waals surface area contributed by atoms with Gasteiger partial charge >= 0.3 is 0 Å². The molecule has 0 unspecified atom stereocenters. The lowest BCUT2D eigenvalue weighted by Crippen LogP contribution is -2.49. The van der Waals surface area contributed by atoms with Crippen LogP contribution in [0.4, 0.5) is 8.78 Å². The Bertz CT molecular complexity index is 773. The number of nitrogens with one attached hydrogen (secondary N) is 2. The molecule has 1 aromatic heterocycles. The molecule has 0 radical (unpaired) electrons. The summed E-state index contributed by atoms with van der Waals surface area (Å²) in [7, 11) is 1.70. The van der Waals surface area contributed by atoms with Crippen molar-refractivity contribution >= 4 is 29.9 Å². The van der Waals surface area contributed by atoms with Crippen LogP contribution in [0.25, 0.3) is 11.3 Å². The maximum absolute atomic E-state index is 12.5. The Morgan fingerprint density at radius 1 is 1.28 bits per heavy atom. The topological polar surface area (TPSA) is 65.7 Å². The molecule has 1 saturated heterocycles. The van der Waals surface area contributed by atoms with Gasteiger partial charge in [0.1, 0.15) is 0 Å². The molecule has 1 aliphatic rings. The van der Waals surface area contributed by atoms with Crippen LogP contribution in [0.1, 0.15) is 24.3 Å². The van der Waals surface area contributed by atoms with Crippen molar-refractivity contribution < 1.29 is 13.2 Å². The zero-order valence-electron chi connectivity index (χ0n) is 16.7. The number of benzene rings is 1. The molecule has 2 N–H and O–H groups in total. The molecule has 1 fully saturated rings. The summed E-state index contributed by atoms with van der Waals surface area (Å²) in [6, 6.07) is 8.30. The number of piperidine rings is 1. The number of rotatable bonds is 6. The lowest BCUT2D eigenvalue weighted by atomic mass is 10.1. The third-order valence-corrected chi connectivity index (χ3v) is 4.84. The Morgan fingerprint density at radius 2 is 1.97 bits per heavy atom. The monoisotopic (exact) mass is 519 g/mol. The first-order valence-electron chi connectivity index (χ1n) is 9.53. The highest BCUT2D eigenvalue weighted by atomic mass is 127. The smallest absolute Gasteiger partial charge is 0.251 e. The normalized spacial score (nSPS) is 16.0. The van der Waals surface area contributed by atoms with E-state index in [2.05, 4.69) is 20.6 Å². The zero-order chi connectivity index (χ0) is 19.9. The predicted molar refractivity (Wildman–Crippen MR) is 121 cm³/mol. The van der Waals surface area contributed by atoms with Crippen LogP contribution in [0.3, 0.4) is 0 Å². The molecule has 0 atom stereocenters. The fourth-order valence-corrected chi connectivity index (χ4v) is 3.25. The maximum Gasteiger partial charge on any atom is 0.251 e. The SMILES string of the molecule is CN=C(NCc1ncc(-c2ccc(C)cc2)o1)NC1CCN(CC(F)F)CC1.I. The third kappa shape index (κ3) is 7.22. The Labute approximate surface area is 187 Å². The van der Waals surface area contributed by atoms with E-state index in [4.69, 9.17) is 4.42 Å². The van der Waals surface area contributed by atoms with Crippen LogP contribution in [-0.4, -0.2) is 55.0 Å². The molecule has 0 aliphatic carbocycles. The second-order valence-electron chi connectivity index (χ2n) is 7.02. The van der Waals surface area contributed by atoms with Crippen molar-refractivity contribution in [3.63, 3.8) is 0 Å². The van der Waals surface area contributed by atoms with Crippen molar-refractivity contribution in [3.05, 3.63) is 41.9 Å². The highest BCUT2D eigenvalue weighted by Crippen LogP contribution is 2.20. The minimum atomic E-state index is -2.27. The highest BCUT2D eigenvalue weighted by Gasteiger charge is 2.22. The molecule has 0 amide bonds. The van der Waals surface area contributed by atoms with Crippen LogP contribution < -0.4 is 10.6 Å². The van der Waals surface area contributed by atoms with Crippen LogP contribution in [0.2, 0.25) is 0 Å². The highest BCUT2D eigenvalue weighted by molar-refractivity contribution is 14.0. The van der Waals surface area contributed by atoms with E-state index in [-0.39, 0.29) is 36.6 Å². The van der Waals surface area contributed by atoms with E-state index >= 15 is 0 Å². The minimum Gasteiger partial charge on any atom is -0.439 e. The van der Waals surface area contributed by atoms with Crippen LogP contribution in [0.5, 0.6) is 0 Å². The summed E-state index contributed by atoms with van der Waals surface area (Å²) in [6.45, 7) is 3.64. The summed E-state index contributed by atoms with van der Waals surface area (Å²) in [5, 5.41) is 6.55. The average molecular weight is 519 g/mol. The maximum atomic E-state index is 12.5. The van der Waals surface area contributed by atoms with Gasteiger partial charge in [-0.1, -0.05) is 29.8 Å². The number of hydrogen-bond acceptors (Lipinski definition) is 4. The summed E-state index contributed by atoms with van der Waals surface area (Å²) in [5.41, 5.74) is 2.18. The molecule has 0 spiro atoms. The van der Waals surface area contributed by atoms with Crippen molar-refractivity contribution in [1.29, 1.82) is 0 Å². The van der Waals surface area contributed by atoms with Gasteiger partial charge in [-0.3, -0.25) is 9.89 Å². The van der Waals surface area contributed by atoms with Gasteiger partial charge in [0.2, 0.25) is 5.89 Å². The first-order valence-corrected chi connectivity index (χ1v) is 9.53. The number of guanidine groups is 1. The van der Waals surface area contributed by atoms with Gasteiger partial charge in [-0.15, -0.1) is 24.0 Å². The van der Waals surface area contributed by atoms with E-state index in [1.54, 1.807) is 18.1 Å². The molecule has 29 heavy (non-hydrogen) atoms. The van der Waals surface area contributed by atoms with Crippen molar-refractivity contribution in [2.45, 2.75) is 38.8 Å². The second-order valence-corrected chi connectivity index (χ2v) is 7.02. The second kappa shape index (κ2) is 11.4. The fraction of sp³-hybridized carbons (Fsp3) is 0.500. The van der Waals surface area contributed by atoms with Gasteiger partial charge in [0.05, 0.1) is 19.3 Å². The number of hydrogen-bond donors (Lipinski definition) is 2. The molecule has 160 valence electrons. The zero-order valence-corrected chi connectivity index (χ0v) is 19.0. The number of oxazole rings is 1. The Hall–Kier alpha value is -1.75. The molecule has 0 saturated carbocycles. The molecule has 0 bridgehead atoms. The van der Waals surface area contributed by atoms with Gasteiger partial charge < -0.3 is 15.1 Å². The summed E-state index contributed by atoms with van der Waals surface area (Å²) < 4.78 is 30.8. The van der Waals surface area contributed by atoms with Crippen LogP contribution >= 0.6 is 24.0 Å². The van der Waals surface area contributed by atoms with Crippen molar-refractivity contribution in [3.8, 4) is 11.3 Å². The molecular formula is C20H28F2IN5O. The average Bonchev–Trinajstić information content (AvgIpc) is 3.15. The Balaban J connectivity index is 0.00000300. The lowest BCUT2D eigenvalue weighted by molar-refractivity contribution is 0.0744.